The van der Waals surface area contributed by atoms with Gasteiger partial charge in [-0.1, -0.05) is 0 Å². The molecular formula is C27H33B2FN4O9. The fourth-order valence-corrected chi connectivity index (χ4v) is 4.89. The van der Waals surface area contributed by atoms with E-state index in [1.807, 2.05) is 4.90 Å². The van der Waals surface area contributed by atoms with Gasteiger partial charge in [0.2, 0.25) is 0 Å². The highest BCUT2D eigenvalue weighted by Gasteiger charge is 2.40. The first-order valence-electron chi connectivity index (χ1n) is 13.3. The highest BCUT2D eigenvalue weighted by Crippen LogP contribution is 2.37. The third kappa shape index (κ3) is 6.72. The summed E-state index contributed by atoms with van der Waals surface area (Å²) in [5, 5.41) is 58.7. The van der Waals surface area contributed by atoms with Gasteiger partial charge in [-0.3, -0.25) is 19.4 Å². The third-order valence-corrected chi connectivity index (χ3v) is 7.51. The van der Waals surface area contributed by atoms with Gasteiger partial charge in [0.15, 0.2) is 12.0 Å². The lowest BCUT2D eigenvalue weighted by Crippen LogP contribution is -2.56. The van der Waals surface area contributed by atoms with E-state index in [1.54, 1.807) is 0 Å². The summed E-state index contributed by atoms with van der Waals surface area (Å²) in [6.45, 7) is 0.673. The second kappa shape index (κ2) is 14.1. The summed E-state index contributed by atoms with van der Waals surface area (Å²) in [6.07, 6.45) is 0.202. The molecule has 1 saturated heterocycles. The van der Waals surface area contributed by atoms with Crippen molar-refractivity contribution in [1.82, 2.24) is 15.1 Å². The van der Waals surface area contributed by atoms with Crippen molar-refractivity contribution in [3.05, 3.63) is 28.1 Å². The van der Waals surface area contributed by atoms with E-state index in [1.165, 1.54) is 14.1 Å². The van der Waals surface area contributed by atoms with Crippen molar-refractivity contribution in [1.29, 1.82) is 0 Å². The molecule has 0 bridgehead atoms. The smallest absolute Gasteiger partial charge is 0.267 e. The summed E-state index contributed by atoms with van der Waals surface area (Å²) in [6, 6.07) is 0. The van der Waals surface area contributed by atoms with Gasteiger partial charge in [0.05, 0.1) is 24.5 Å². The lowest BCUT2D eigenvalue weighted by Gasteiger charge is -2.36. The number of nitrogens with one attached hydrogen (secondary N) is 2. The van der Waals surface area contributed by atoms with E-state index in [0.29, 0.717) is 32.6 Å². The number of aromatic hydroxyl groups is 4. The predicted molar refractivity (Wildman–Crippen MR) is 155 cm³/mol. The number of rotatable bonds is 13. The fraction of sp³-hybridized carbons (Fsp3) is 0.444. The van der Waals surface area contributed by atoms with E-state index in [2.05, 4.69) is 10.6 Å². The van der Waals surface area contributed by atoms with Crippen LogP contribution >= 0.6 is 0 Å². The molecule has 4 radical (unpaired) electrons. The number of aliphatic hydroxyl groups is 1. The second-order valence-corrected chi connectivity index (χ2v) is 10.1. The molecule has 2 aromatic carbocycles. The Morgan fingerprint density at radius 3 is 2.23 bits per heavy atom. The molecule has 13 nitrogen and oxygen atoms in total. The maximum absolute atomic E-state index is 15.8. The third-order valence-electron chi connectivity index (χ3n) is 7.51. The Kier molecular flexibility index (Phi) is 11.0. The molecule has 2 aromatic rings. The number of benzene rings is 2. The minimum absolute atomic E-state index is 0.0416. The molecule has 16 heteroatoms. The molecule has 7 N–H and O–H groups in total. The highest BCUT2D eigenvalue weighted by atomic mass is 19.1. The molecule has 1 atom stereocenters. The SMILES string of the molecule is [B]c1c(O)c(CNc2c(O)c([B])c(O)c(C=O)c2CN(C)C(O)(CCC=O)C(=O)NC)c(F)c(CN2CCOCC2)c1O. The standard InChI is InChI=1S/C27H33B2FN4O9/c1-31-26(41)27(42,4-3-7-35)33(2)11-15-17(13-36)24(39)19(29)25(40)21(15)32-10-14-20(30)16(23(38)18(28)22(14)37)12-34-5-8-43-9-6-34/h7,13,32,37-40,42H,3-6,8-12H2,1-2H3,(H,31,41). The summed E-state index contributed by atoms with van der Waals surface area (Å²) < 4.78 is 21.1. The van der Waals surface area contributed by atoms with Crippen molar-refractivity contribution >= 4 is 50.8 Å². The first kappa shape index (κ1) is 33.6. The fourth-order valence-electron chi connectivity index (χ4n) is 4.89. The van der Waals surface area contributed by atoms with Crippen LogP contribution < -0.4 is 21.6 Å². The molecule has 1 aliphatic heterocycles. The van der Waals surface area contributed by atoms with E-state index in [4.69, 9.17) is 20.4 Å². The molecule has 1 heterocycles. The molecule has 1 amide bonds. The number of phenolic OH excluding ortho intramolecular Hbond substituents is 4. The van der Waals surface area contributed by atoms with Gasteiger partial charge in [0.25, 0.3) is 5.91 Å². The van der Waals surface area contributed by atoms with Crippen LogP contribution in [-0.2, 0) is 34.0 Å². The molecule has 1 aliphatic rings. The number of carbonyl (C=O) groups excluding carboxylic acids is 3. The Morgan fingerprint density at radius 2 is 1.65 bits per heavy atom. The summed E-state index contributed by atoms with van der Waals surface area (Å²) in [7, 11) is 14.3. The summed E-state index contributed by atoms with van der Waals surface area (Å²) in [5.74, 6) is -4.78. The number of hydrogen-bond acceptors (Lipinski definition) is 12. The Labute approximate surface area is 250 Å². The van der Waals surface area contributed by atoms with Crippen molar-refractivity contribution in [2.75, 3.05) is 45.7 Å². The van der Waals surface area contributed by atoms with Gasteiger partial charge in [0, 0.05) is 69.3 Å². The quantitative estimate of drug-likeness (QED) is 0.0457. The molecule has 3 rings (SSSR count). The highest BCUT2D eigenvalue weighted by molar-refractivity contribution is 6.37. The van der Waals surface area contributed by atoms with Crippen molar-refractivity contribution < 1.29 is 49.0 Å². The zero-order valence-electron chi connectivity index (χ0n) is 23.8. The van der Waals surface area contributed by atoms with Crippen molar-refractivity contribution in [3.63, 3.8) is 0 Å². The zero-order valence-corrected chi connectivity index (χ0v) is 23.8. The Bertz CT molecular complexity index is 1390. The summed E-state index contributed by atoms with van der Waals surface area (Å²) in [4.78, 5) is 38.6. The minimum Gasteiger partial charge on any atom is -0.508 e. The number of hydrogen-bond donors (Lipinski definition) is 7. The summed E-state index contributed by atoms with van der Waals surface area (Å²) >= 11 is 0. The molecule has 0 aromatic heterocycles. The molecular weight excluding hydrogens is 565 g/mol. The predicted octanol–water partition coefficient (Wildman–Crippen LogP) is -1.66. The van der Waals surface area contributed by atoms with E-state index in [-0.39, 0.29) is 48.1 Å². The number of halogens is 1. The number of ether oxygens (including phenoxy) is 1. The number of nitrogens with zero attached hydrogens (tertiary/aromatic N) is 2. The van der Waals surface area contributed by atoms with Crippen molar-refractivity contribution in [3.8, 4) is 23.0 Å². The van der Waals surface area contributed by atoms with Gasteiger partial charge >= 0.3 is 0 Å². The molecule has 0 aliphatic carbocycles. The van der Waals surface area contributed by atoms with Gasteiger partial charge in [-0.05, 0) is 18.0 Å². The average Bonchev–Trinajstić information content (AvgIpc) is 3.01. The average molecular weight is 598 g/mol. The molecule has 0 spiro atoms. The van der Waals surface area contributed by atoms with Crippen LogP contribution in [0.15, 0.2) is 0 Å². The van der Waals surface area contributed by atoms with Crippen LogP contribution in [0.5, 0.6) is 23.0 Å². The van der Waals surface area contributed by atoms with E-state index in [9.17, 15) is 39.9 Å². The molecule has 43 heavy (non-hydrogen) atoms. The first-order chi connectivity index (χ1) is 20.3. The van der Waals surface area contributed by atoms with Crippen LogP contribution in [-0.4, -0.2) is 116 Å². The van der Waals surface area contributed by atoms with Gasteiger partial charge in [0.1, 0.15) is 50.8 Å². The van der Waals surface area contributed by atoms with Crippen LogP contribution in [0, 0.1) is 5.82 Å². The van der Waals surface area contributed by atoms with Gasteiger partial charge in [-0.15, -0.1) is 0 Å². The number of amides is 1. The number of phenols is 4. The van der Waals surface area contributed by atoms with Gasteiger partial charge in [-0.2, -0.15) is 0 Å². The Morgan fingerprint density at radius 1 is 1.05 bits per heavy atom. The topological polar surface area (TPSA) is 192 Å². The number of carbonyl (C=O) groups is 3. The normalized spacial score (nSPS) is 15.2. The second-order valence-electron chi connectivity index (χ2n) is 10.1. The Hall–Kier alpha value is -3.85. The van der Waals surface area contributed by atoms with Crippen LogP contribution in [0.1, 0.15) is 39.9 Å². The van der Waals surface area contributed by atoms with Crippen LogP contribution in [0.4, 0.5) is 10.1 Å². The van der Waals surface area contributed by atoms with E-state index in [0.717, 1.165) is 4.90 Å². The number of anilines is 1. The molecule has 0 saturated carbocycles. The molecule has 228 valence electrons. The molecule has 1 fully saturated rings. The number of aldehydes is 2. The van der Waals surface area contributed by atoms with Gasteiger partial charge in [-0.25, -0.2) is 4.39 Å². The summed E-state index contributed by atoms with van der Waals surface area (Å²) in [5.41, 5.74) is -4.76. The van der Waals surface area contributed by atoms with Crippen LogP contribution in [0.2, 0.25) is 0 Å². The Balaban J connectivity index is 2.07. The van der Waals surface area contributed by atoms with E-state index >= 15 is 4.39 Å². The van der Waals surface area contributed by atoms with E-state index < -0.39 is 70.0 Å². The lowest BCUT2D eigenvalue weighted by molar-refractivity contribution is -0.163. The maximum atomic E-state index is 15.8. The van der Waals surface area contributed by atoms with Crippen molar-refractivity contribution in [2.24, 2.45) is 0 Å². The number of morpholine rings is 1. The van der Waals surface area contributed by atoms with Crippen molar-refractivity contribution in [2.45, 2.75) is 38.2 Å². The first-order valence-corrected chi connectivity index (χ1v) is 13.3. The minimum atomic E-state index is -2.26. The maximum Gasteiger partial charge on any atom is 0.267 e. The number of likely N-dealkylation sites (N-methyl/N-ethyl adjacent to an activating group) is 2. The van der Waals surface area contributed by atoms with Crippen LogP contribution in [0.25, 0.3) is 0 Å². The molecule has 1 unspecified atom stereocenters. The van der Waals surface area contributed by atoms with Crippen LogP contribution in [0.3, 0.4) is 0 Å². The largest absolute Gasteiger partial charge is 0.508 e. The van der Waals surface area contributed by atoms with Gasteiger partial charge < -0.3 is 45.7 Å². The zero-order chi connectivity index (χ0) is 32.1. The monoisotopic (exact) mass is 598 g/mol. The lowest BCUT2D eigenvalue weighted by atomic mass is 9.86.